The molecule has 16 heavy (non-hydrogen) atoms. The summed E-state index contributed by atoms with van der Waals surface area (Å²) in [5.41, 5.74) is 5.38. The Labute approximate surface area is 96.6 Å². The van der Waals surface area contributed by atoms with Crippen molar-refractivity contribution in [2.45, 2.75) is 45.6 Å². The highest BCUT2D eigenvalue weighted by molar-refractivity contribution is 5.81. The van der Waals surface area contributed by atoms with Crippen LogP contribution in [0.2, 0.25) is 0 Å². The minimum absolute atomic E-state index is 0.136. The number of rotatable bonds is 7. The van der Waals surface area contributed by atoms with Crippen molar-refractivity contribution in [2.75, 3.05) is 13.1 Å². The molecule has 0 radical (unpaired) electrons. The number of hydrogen-bond donors (Lipinski definition) is 2. The quantitative estimate of drug-likeness (QED) is 0.678. The van der Waals surface area contributed by atoms with Crippen LogP contribution in [0.5, 0.6) is 0 Å². The van der Waals surface area contributed by atoms with Crippen molar-refractivity contribution in [3.8, 4) is 0 Å². The SMILES string of the molecule is CCCN(CC(=O)O)C(=O)CCC(C)(C)N. The summed E-state index contributed by atoms with van der Waals surface area (Å²) < 4.78 is 0. The molecule has 0 saturated heterocycles. The van der Waals surface area contributed by atoms with E-state index < -0.39 is 11.5 Å². The molecule has 0 aromatic carbocycles. The van der Waals surface area contributed by atoms with Crippen LogP contribution in [0.1, 0.15) is 40.0 Å². The molecule has 0 unspecified atom stereocenters. The number of aliphatic carboxylic acids is 1. The highest BCUT2D eigenvalue weighted by atomic mass is 16.4. The zero-order valence-corrected chi connectivity index (χ0v) is 10.3. The van der Waals surface area contributed by atoms with Crippen molar-refractivity contribution in [3.63, 3.8) is 0 Å². The monoisotopic (exact) mass is 230 g/mol. The number of nitrogens with zero attached hydrogens (tertiary/aromatic N) is 1. The summed E-state index contributed by atoms with van der Waals surface area (Å²) in [7, 11) is 0. The average molecular weight is 230 g/mol. The number of carbonyl (C=O) groups excluding carboxylic acids is 1. The summed E-state index contributed by atoms with van der Waals surface area (Å²) in [4.78, 5) is 23.7. The molecule has 5 nitrogen and oxygen atoms in total. The molecule has 0 fully saturated rings. The Balaban J connectivity index is 4.22. The lowest BCUT2D eigenvalue weighted by atomic mass is 10.00. The minimum atomic E-state index is -0.978. The Kier molecular flexibility index (Phi) is 6.03. The molecule has 3 N–H and O–H groups in total. The summed E-state index contributed by atoms with van der Waals surface area (Å²) in [5.74, 6) is -1.11. The van der Waals surface area contributed by atoms with Gasteiger partial charge in [0.25, 0.3) is 0 Å². The second kappa shape index (κ2) is 6.48. The fourth-order valence-electron chi connectivity index (χ4n) is 1.31. The van der Waals surface area contributed by atoms with Gasteiger partial charge in [-0.25, -0.2) is 0 Å². The number of carboxylic acid groups (broad SMARTS) is 1. The Bertz CT molecular complexity index is 246. The molecule has 0 rings (SSSR count). The number of nitrogens with two attached hydrogens (primary N) is 1. The van der Waals surface area contributed by atoms with Gasteiger partial charge in [0, 0.05) is 18.5 Å². The first-order chi connectivity index (χ1) is 7.26. The standard InChI is InChI=1S/C11H22N2O3/c1-4-7-13(8-10(15)16)9(14)5-6-11(2,3)12/h4-8,12H2,1-3H3,(H,15,16). The van der Waals surface area contributed by atoms with E-state index in [1.807, 2.05) is 20.8 Å². The molecule has 0 aliphatic rings. The predicted molar refractivity (Wildman–Crippen MR) is 62.0 cm³/mol. The molecule has 5 heteroatoms. The van der Waals surface area contributed by atoms with Crippen molar-refractivity contribution < 1.29 is 14.7 Å². The van der Waals surface area contributed by atoms with Gasteiger partial charge in [0.05, 0.1) is 0 Å². The fraction of sp³-hybridized carbons (Fsp3) is 0.818. The Morgan fingerprint density at radius 1 is 1.38 bits per heavy atom. The zero-order chi connectivity index (χ0) is 12.8. The smallest absolute Gasteiger partial charge is 0.323 e. The zero-order valence-electron chi connectivity index (χ0n) is 10.3. The molecule has 94 valence electrons. The topological polar surface area (TPSA) is 83.6 Å². The molecule has 0 atom stereocenters. The lowest BCUT2D eigenvalue weighted by Gasteiger charge is -2.23. The van der Waals surface area contributed by atoms with Crippen LogP contribution in [0.4, 0.5) is 0 Å². The maximum Gasteiger partial charge on any atom is 0.323 e. The molecule has 0 bridgehead atoms. The Morgan fingerprint density at radius 3 is 2.31 bits per heavy atom. The number of carboxylic acids is 1. The Morgan fingerprint density at radius 2 is 1.94 bits per heavy atom. The van der Waals surface area contributed by atoms with Crippen LogP contribution in [0.3, 0.4) is 0 Å². The van der Waals surface area contributed by atoms with Gasteiger partial charge in [-0.05, 0) is 26.7 Å². The molecule has 0 spiro atoms. The van der Waals surface area contributed by atoms with Gasteiger partial charge >= 0.3 is 5.97 Å². The summed E-state index contributed by atoms with van der Waals surface area (Å²) in [6.45, 7) is 5.87. The van der Waals surface area contributed by atoms with Crippen molar-refractivity contribution in [1.29, 1.82) is 0 Å². The van der Waals surface area contributed by atoms with Crippen molar-refractivity contribution >= 4 is 11.9 Å². The largest absolute Gasteiger partial charge is 0.480 e. The van der Waals surface area contributed by atoms with E-state index in [2.05, 4.69) is 0 Å². The molecule has 1 amide bonds. The lowest BCUT2D eigenvalue weighted by Crippen LogP contribution is -2.39. The van der Waals surface area contributed by atoms with E-state index >= 15 is 0 Å². The van der Waals surface area contributed by atoms with Crippen molar-refractivity contribution in [3.05, 3.63) is 0 Å². The second-order valence-corrected chi connectivity index (χ2v) is 4.70. The number of amides is 1. The van der Waals surface area contributed by atoms with Crippen LogP contribution in [-0.2, 0) is 9.59 Å². The van der Waals surface area contributed by atoms with E-state index in [9.17, 15) is 9.59 Å². The van der Waals surface area contributed by atoms with Crippen LogP contribution in [0.25, 0.3) is 0 Å². The summed E-state index contributed by atoms with van der Waals surface area (Å²) in [5, 5.41) is 8.67. The van der Waals surface area contributed by atoms with Gasteiger partial charge in [-0.2, -0.15) is 0 Å². The van der Waals surface area contributed by atoms with Crippen LogP contribution >= 0.6 is 0 Å². The van der Waals surface area contributed by atoms with Crippen LogP contribution < -0.4 is 5.73 Å². The van der Waals surface area contributed by atoms with Crippen LogP contribution in [-0.4, -0.2) is 40.5 Å². The Hall–Kier alpha value is -1.10. The molecule has 0 aromatic rings. The van der Waals surface area contributed by atoms with Gasteiger partial charge in [-0.3, -0.25) is 9.59 Å². The average Bonchev–Trinajstić information content (AvgIpc) is 2.11. The molecular formula is C11H22N2O3. The lowest BCUT2D eigenvalue weighted by molar-refractivity contribution is -0.144. The maximum absolute atomic E-state index is 11.7. The third kappa shape index (κ3) is 7.23. The van der Waals surface area contributed by atoms with E-state index in [4.69, 9.17) is 10.8 Å². The second-order valence-electron chi connectivity index (χ2n) is 4.70. The van der Waals surface area contributed by atoms with Crippen LogP contribution in [0.15, 0.2) is 0 Å². The highest BCUT2D eigenvalue weighted by Crippen LogP contribution is 2.09. The minimum Gasteiger partial charge on any atom is -0.480 e. The van der Waals surface area contributed by atoms with Crippen LogP contribution in [0, 0.1) is 0 Å². The fourth-order valence-corrected chi connectivity index (χ4v) is 1.31. The van der Waals surface area contributed by atoms with E-state index in [0.29, 0.717) is 19.4 Å². The van der Waals surface area contributed by atoms with E-state index in [1.54, 1.807) is 0 Å². The van der Waals surface area contributed by atoms with Gasteiger partial charge in [-0.1, -0.05) is 6.92 Å². The van der Waals surface area contributed by atoms with E-state index in [-0.39, 0.29) is 12.5 Å². The molecular weight excluding hydrogens is 208 g/mol. The predicted octanol–water partition coefficient (Wildman–Crippen LogP) is 0.827. The number of hydrogen-bond acceptors (Lipinski definition) is 3. The van der Waals surface area contributed by atoms with Crippen molar-refractivity contribution in [1.82, 2.24) is 4.90 Å². The molecule has 0 aliphatic carbocycles. The summed E-state index contributed by atoms with van der Waals surface area (Å²) in [6, 6.07) is 0. The van der Waals surface area contributed by atoms with Gasteiger partial charge in [0.2, 0.25) is 5.91 Å². The first-order valence-electron chi connectivity index (χ1n) is 5.54. The van der Waals surface area contributed by atoms with Gasteiger partial charge in [0.1, 0.15) is 6.54 Å². The first kappa shape index (κ1) is 14.9. The highest BCUT2D eigenvalue weighted by Gasteiger charge is 2.19. The third-order valence-corrected chi connectivity index (χ3v) is 2.16. The summed E-state index contributed by atoms with van der Waals surface area (Å²) >= 11 is 0. The normalized spacial score (nSPS) is 11.2. The van der Waals surface area contributed by atoms with Crippen molar-refractivity contribution in [2.24, 2.45) is 5.73 Å². The van der Waals surface area contributed by atoms with E-state index in [0.717, 1.165) is 6.42 Å². The van der Waals surface area contributed by atoms with Gasteiger partial charge in [0.15, 0.2) is 0 Å². The molecule has 0 heterocycles. The van der Waals surface area contributed by atoms with Gasteiger partial charge < -0.3 is 15.7 Å². The number of carbonyl (C=O) groups is 2. The molecule has 0 saturated carbocycles. The molecule has 0 aliphatic heterocycles. The summed E-state index contributed by atoms with van der Waals surface area (Å²) in [6.07, 6.45) is 1.62. The maximum atomic E-state index is 11.7. The van der Waals surface area contributed by atoms with Gasteiger partial charge in [-0.15, -0.1) is 0 Å². The first-order valence-corrected chi connectivity index (χ1v) is 5.54. The third-order valence-electron chi connectivity index (χ3n) is 2.16. The van der Waals surface area contributed by atoms with E-state index in [1.165, 1.54) is 4.90 Å². The molecule has 0 aromatic heterocycles.